The summed E-state index contributed by atoms with van der Waals surface area (Å²) in [6.45, 7) is 3.83. The molecule has 20 heavy (non-hydrogen) atoms. The molecule has 0 unspecified atom stereocenters. The summed E-state index contributed by atoms with van der Waals surface area (Å²) in [6, 6.07) is 0.142. The van der Waals surface area contributed by atoms with Gasteiger partial charge in [-0.25, -0.2) is 0 Å². The molecule has 2 aliphatic rings. The van der Waals surface area contributed by atoms with Crippen LogP contribution in [0.3, 0.4) is 0 Å². The summed E-state index contributed by atoms with van der Waals surface area (Å²) in [5, 5.41) is 0. The first-order valence-corrected chi connectivity index (χ1v) is 8.96. The van der Waals surface area contributed by atoms with Crippen LogP contribution in [0.5, 0.6) is 0 Å². The smallest absolute Gasteiger partial charge is 0.281 e. The molecule has 0 saturated carbocycles. The van der Waals surface area contributed by atoms with Crippen molar-refractivity contribution in [3.8, 4) is 0 Å². The van der Waals surface area contributed by atoms with Crippen molar-refractivity contribution in [2.75, 3.05) is 46.8 Å². The molecule has 0 aromatic carbocycles. The third kappa shape index (κ3) is 3.51. The molecule has 0 aromatic heterocycles. The van der Waals surface area contributed by atoms with Crippen LogP contribution in [0.15, 0.2) is 0 Å². The highest BCUT2D eigenvalue weighted by Crippen LogP contribution is 2.23. The van der Waals surface area contributed by atoms with E-state index in [1.807, 2.05) is 0 Å². The zero-order chi connectivity index (χ0) is 14.8. The summed E-state index contributed by atoms with van der Waals surface area (Å²) in [4.78, 5) is 2.25. The van der Waals surface area contributed by atoms with Crippen LogP contribution in [0, 0.1) is 5.92 Å². The van der Waals surface area contributed by atoms with Crippen LogP contribution < -0.4 is 5.73 Å². The van der Waals surface area contributed by atoms with Crippen LogP contribution in [0.2, 0.25) is 0 Å². The van der Waals surface area contributed by atoms with E-state index >= 15 is 0 Å². The minimum absolute atomic E-state index is 0.142. The Morgan fingerprint density at radius 1 is 1.10 bits per heavy atom. The summed E-state index contributed by atoms with van der Waals surface area (Å²) in [6.07, 6.45) is 3.62. The van der Waals surface area contributed by atoms with Crippen molar-refractivity contribution in [2.24, 2.45) is 11.7 Å². The van der Waals surface area contributed by atoms with Crippen LogP contribution in [0.25, 0.3) is 0 Å². The maximum atomic E-state index is 12.7. The Kier molecular flexibility index (Phi) is 5.42. The fourth-order valence-corrected chi connectivity index (χ4v) is 4.73. The zero-order valence-electron chi connectivity index (χ0n) is 12.7. The van der Waals surface area contributed by atoms with Crippen molar-refractivity contribution < 1.29 is 8.42 Å². The molecule has 2 saturated heterocycles. The Hall–Kier alpha value is -0.210. The van der Waals surface area contributed by atoms with Crippen LogP contribution in [0.1, 0.15) is 25.7 Å². The number of nitrogens with zero attached hydrogens (tertiary/aromatic N) is 3. The fourth-order valence-electron chi connectivity index (χ4n) is 3.10. The lowest BCUT2D eigenvalue weighted by Crippen LogP contribution is -2.51. The molecule has 2 aliphatic heterocycles. The van der Waals surface area contributed by atoms with E-state index in [1.165, 1.54) is 0 Å². The van der Waals surface area contributed by atoms with Gasteiger partial charge < -0.3 is 10.6 Å². The van der Waals surface area contributed by atoms with Gasteiger partial charge in [-0.15, -0.1) is 0 Å². The van der Waals surface area contributed by atoms with Gasteiger partial charge in [0.05, 0.1) is 0 Å². The second-order valence-electron chi connectivity index (χ2n) is 6.14. The van der Waals surface area contributed by atoms with Crippen molar-refractivity contribution in [1.29, 1.82) is 0 Å². The molecule has 2 heterocycles. The second kappa shape index (κ2) is 6.70. The molecular formula is C13H28N4O2S. The summed E-state index contributed by atoms with van der Waals surface area (Å²) in [7, 11) is 0.519. The first-order valence-electron chi connectivity index (χ1n) is 7.57. The van der Waals surface area contributed by atoms with Gasteiger partial charge in [0.25, 0.3) is 10.2 Å². The Morgan fingerprint density at radius 2 is 1.65 bits per heavy atom. The van der Waals surface area contributed by atoms with Gasteiger partial charge in [-0.1, -0.05) is 0 Å². The zero-order valence-corrected chi connectivity index (χ0v) is 13.5. The van der Waals surface area contributed by atoms with E-state index in [0.717, 1.165) is 38.8 Å². The molecule has 0 aromatic rings. The predicted molar refractivity (Wildman–Crippen MR) is 80.6 cm³/mol. The van der Waals surface area contributed by atoms with E-state index in [9.17, 15) is 8.42 Å². The number of hydrogen-bond donors (Lipinski definition) is 1. The Morgan fingerprint density at radius 3 is 2.15 bits per heavy atom. The molecule has 2 rings (SSSR count). The third-order valence-electron chi connectivity index (χ3n) is 4.80. The molecule has 0 aliphatic carbocycles. The monoisotopic (exact) mass is 304 g/mol. The summed E-state index contributed by atoms with van der Waals surface area (Å²) < 4.78 is 28.6. The lowest BCUT2D eigenvalue weighted by atomic mass is 9.99. The average molecular weight is 304 g/mol. The molecule has 118 valence electrons. The van der Waals surface area contributed by atoms with Crippen LogP contribution in [0.4, 0.5) is 0 Å². The highest BCUT2D eigenvalue weighted by Gasteiger charge is 2.35. The van der Waals surface area contributed by atoms with Crippen LogP contribution >= 0.6 is 0 Å². The van der Waals surface area contributed by atoms with Crippen molar-refractivity contribution in [2.45, 2.75) is 31.7 Å². The number of piperidine rings is 2. The Labute approximate surface area is 123 Å². The topological polar surface area (TPSA) is 69.9 Å². The predicted octanol–water partition coefficient (Wildman–Crippen LogP) is -0.0721. The molecule has 7 heteroatoms. The van der Waals surface area contributed by atoms with Gasteiger partial charge in [0, 0.05) is 26.2 Å². The first kappa shape index (κ1) is 16.2. The molecule has 2 N–H and O–H groups in total. The molecule has 0 amide bonds. The molecule has 0 spiro atoms. The number of rotatable bonds is 4. The number of nitrogens with two attached hydrogens (primary N) is 1. The van der Waals surface area contributed by atoms with Crippen molar-refractivity contribution in [1.82, 2.24) is 13.5 Å². The minimum Gasteiger partial charge on any atom is -0.330 e. The standard InChI is InChI=1S/C13H28N4O2S/c1-15-7-5-13(6-8-15)16(2)20(18,19)17-9-3-12(11-14)4-10-17/h12-13H,3-11,14H2,1-2H3. The van der Waals surface area contributed by atoms with Crippen LogP contribution in [-0.4, -0.2) is 74.8 Å². The van der Waals surface area contributed by atoms with Crippen molar-refractivity contribution in [3.05, 3.63) is 0 Å². The maximum Gasteiger partial charge on any atom is 0.281 e. The number of likely N-dealkylation sites (tertiary alicyclic amines) is 1. The minimum atomic E-state index is -3.30. The third-order valence-corrected chi connectivity index (χ3v) is 6.84. The largest absolute Gasteiger partial charge is 0.330 e. The molecule has 6 nitrogen and oxygen atoms in total. The first-order chi connectivity index (χ1) is 9.45. The van der Waals surface area contributed by atoms with Gasteiger partial charge in [-0.05, 0) is 58.3 Å². The van der Waals surface area contributed by atoms with Gasteiger partial charge in [0.1, 0.15) is 0 Å². The Balaban J connectivity index is 1.95. The molecule has 0 bridgehead atoms. The summed E-state index contributed by atoms with van der Waals surface area (Å²) >= 11 is 0. The van der Waals surface area contributed by atoms with E-state index in [0.29, 0.717) is 25.6 Å². The van der Waals surface area contributed by atoms with E-state index in [-0.39, 0.29) is 6.04 Å². The SMILES string of the molecule is CN1CCC(N(C)S(=O)(=O)N2CCC(CN)CC2)CC1. The highest BCUT2D eigenvalue weighted by atomic mass is 32.2. The van der Waals surface area contributed by atoms with Gasteiger partial charge >= 0.3 is 0 Å². The lowest BCUT2D eigenvalue weighted by Gasteiger charge is -2.38. The Bertz CT molecular complexity index is 399. The normalized spacial score (nSPS) is 25.4. The summed E-state index contributed by atoms with van der Waals surface area (Å²) in [5.74, 6) is 0.482. The summed E-state index contributed by atoms with van der Waals surface area (Å²) in [5.41, 5.74) is 5.66. The van der Waals surface area contributed by atoms with Crippen LogP contribution in [-0.2, 0) is 10.2 Å². The maximum absolute atomic E-state index is 12.7. The van der Waals surface area contributed by atoms with Gasteiger partial charge in [-0.3, -0.25) is 0 Å². The van der Waals surface area contributed by atoms with E-state index in [1.54, 1.807) is 15.7 Å². The van der Waals surface area contributed by atoms with Crippen molar-refractivity contribution in [3.63, 3.8) is 0 Å². The lowest BCUT2D eigenvalue weighted by molar-refractivity contribution is 0.185. The quantitative estimate of drug-likeness (QED) is 0.789. The van der Waals surface area contributed by atoms with E-state index in [2.05, 4.69) is 11.9 Å². The van der Waals surface area contributed by atoms with Gasteiger partial charge in [-0.2, -0.15) is 17.0 Å². The second-order valence-corrected chi connectivity index (χ2v) is 8.12. The van der Waals surface area contributed by atoms with Crippen molar-refractivity contribution >= 4 is 10.2 Å². The van der Waals surface area contributed by atoms with E-state index in [4.69, 9.17) is 5.73 Å². The van der Waals surface area contributed by atoms with E-state index < -0.39 is 10.2 Å². The number of hydrogen-bond acceptors (Lipinski definition) is 4. The average Bonchev–Trinajstić information content (AvgIpc) is 2.47. The van der Waals surface area contributed by atoms with Gasteiger partial charge in [0.15, 0.2) is 0 Å². The fraction of sp³-hybridized carbons (Fsp3) is 1.00. The molecular weight excluding hydrogens is 276 g/mol. The molecule has 0 atom stereocenters. The highest BCUT2D eigenvalue weighted by molar-refractivity contribution is 7.86. The van der Waals surface area contributed by atoms with Gasteiger partial charge in [0.2, 0.25) is 0 Å². The molecule has 0 radical (unpaired) electrons. The molecule has 2 fully saturated rings.